The molecule has 0 radical (unpaired) electrons. The third-order valence-corrected chi connectivity index (χ3v) is 2.30. The molecule has 2 aliphatic rings. The summed E-state index contributed by atoms with van der Waals surface area (Å²) in [6.07, 6.45) is -7.21. The third-order valence-electron chi connectivity index (χ3n) is 2.30. The summed E-state index contributed by atoms with van der Waals surface area (Å²) in [5.74, 6) is -0.209. The second-order valence-corrected chi connectivity index (χ2v) is 3.29. The molecular weight excluding hydrogens is 138 g/mol. The van der Waals surface area contributed by atoms with Crippen LogP contribution in [0, 0.1) is 5.41 Å². The second-order valence-electron chi connectivity index (χ2n) is 3.29. The van der Waals surface area contributed by atoms with Crippen LogP contribution in [0.25, 0.3) is 0 Å². The zero-order valence-corrected chi connectivity index (χ0v) is 6.24. The maximum Gasteiger partial charge on any atom is 0.220 e. The zero-order valence-electron chi connectivity index (χ0n) is 12.2. The van der Waals surface area contributed by atoms with E-state index in [4.69, 9.17) is 8.22 Å². The summed E-state index contributed by atoms with van der Waals surface area (Å²) in [7, 11) is 0. The standard InChI is InChI=1S/C9H15NO/c11-8-6-9(7-10-8)4-2-1-3-5-9/h1-7H2,(H,10,11)/i1D2,2D2,3D2. The first-order chi connectivity index (χ1) is 7.52. The van der Waals surface area contributed by atoms with Gasteiger partial charge >= 0.3 is 0 Å². The number of amides is 1. The molecule has 1 aliphatic heterocycles. The van der Waals surface area contributed by atoms with Crippen LogP contribution in [0.3, 0.4) is 0 Å². The Hall–Kier alpha value is -0.530. The molecule has 0 bridgehead atoms. The highest BCUT2D eigenvalue weighted by Gasteiger charge is 2.38. The summed E-state index contributed by atoms with van der Waals surface area (Å²) in [5.41, 5.74) is -0.782. The summed E-state index contributed by atoms with van der Waals surface area (Å²) in [6, 6.07) is 0. The van der Waals surface area contributed by atoms with Crippen molar-refractivity contribution in [2.24, 2.45) is 5.41 Å². The fourth-order valence-corrected chi connectivity index (χ4v) is 1.59. The van der Waals surface area contributed by atoms with Crippen molar-refractivity contribution in [1.29, 1.82) is 0 Å². The Labute approximate surface area is 75.8 Å². The number of hydrogen-bond donors (Lipinski definition) is 1. The highest BCUT2D eigenvalue weighted by Crippen LogP contribution is 2.40. The van der Waals surface area contributed by atoms with Gasteiger partial charge in [-0.05, 0) is 18.3 Å². The van der Waals surface area contributed by atoms with Gasteiger partial charge in [-0.3, -0.25) is 4.79 Å². The van der Waals surface area contributed by atoms with Crippen LogP contribution in [-0.4, -0.2) is 12.5 Å². The Morgan fingerprint density at radius 2 is 2.09 bits per heavy atom. The quantitative estimate of drug-likeness (QED) is 0.569. The molecule has 62 valence electrons. The van der Waals surface area contributed by atoms with Crippen molar-refractivity contribution in [2.75, 3.05) is 6.54 Å². The van der Waals surface area contributed by atoms with E-state index in [2.05, 4.69) is 5.32 Å². The minimum Gasteiger partial charge on any atom is -0.356 e. The fourth-order valence-electron chi connectivity index (χ4n) is 1.59. The van der Waals surface area contributed by atoms with Crippen molar-refractivity contribution in [3.63, 3.8) is 0 Å². The SMILES string of the molecule is [2H]C1([2H])CC2(CNC(=O)C2)CC([2H])([2H])C1([2H])[2H]. The molecule has 1 aliphatic carbocycles. The van der Waals surface area contributed by atoms with Crippen LogP contribution < -0.4 is 5.32 Å². The molecule has 0 unspecified atom stereocenters. The minimum absolute atomic E-state index is 0.0854. The van der Waals surface area contributed by atoms with Crippen molar-refractivity contribution < 1.29 is 13.0 Å². The molecule has 1 amide bonds. The molecule has 1 heterocycles. The molecule has 0 atom stereocenters. The van der Waals surface area contributed by atoms with E-state index in [0.29, 0.717) is 0 Å². The molecule has 0 aromatic carbocycles. The van der Waals surface area contributed by atoms with Crippen LogP contribution in [0.2, 0.25) is 0 Å². The minimum atomic E-state index is -2.53. The Bertz CT molecular complexity index is 346. The van der Waals surface area contributed by atoms with Gasteiger partial charge in [0, 0.05) is 21.2 Å². The highest BCUT2D eigenvalue weighted by atomic mass is 16.1. The first kappa shape index (κ1) is 3.08. The maximum absolute atomic E-state index is 11.3. The lowest BCUT2D eigenvalue weighted by Gasteiger charge is -2.31. The highest BCUT2D eigenvalue weighted by molar-refractivity contribution is 5.79. The summed E-state index contributed by atoms with van der Waals surface area (Å²) >= 11 is 0. The van der Waals surface area contributed by atoms with E-state index >= 15 is 0 Å². The first-order valence-electron chi connectivity index (χ1n) is 6.78. The summed E-state index contributed by atoms with van der Waals surface area (Å²) in [6.45, 7) is 0.237. The van der Waals surface area contributed by atoms with Gasteiger partial charge in [0.2, 0.25) is 5.91 Å². The number of rotatable bonds is 0. The molecule has 2 rings (SSSR count). The number of hydrogen-bond acceptors (Lipinski definition) is 1. The molecule has 1 saturated heterocycles. The first-order valence-corrected chi connectivity index (χ1v) is 3.78. The second kappa shape index (κ2) is 2.50. The molecule has 1 saturated carbocycles. The number of carbonyl (C=O) groups is 1. The predicted octanol–water partition coefficient (Wildman–Crippen LogP) is 1.46. The van der Waals surface area contributed by atoms with E-state index in [1.807, 2.05) is 0 Å². The number of nitrogens with one attached hydrogen (secondary N) is 1. The Kier molecular flexibility index (Phi) is 0.700. The van der Waals surface area contributed by atoms with Crippen molar-refractivity contribution in [3.8, 4) is 0 Å². The lowest BCUT2D eigenvalue weighted by molar-refractivity contribution is -0.119. The maximum atomic E-state index is 11.3. The Morgan fingerprint density at radius 3 is 2.64 bits per heavy atom. The molecule has 0 aromatic heterocycles. The fraction of sp³-hybridized carbons (Fsp3) is 0.889. The van der Waals surface area contributed by atoms with Crippen molar-refractivity contribution >= 4 is 5.91 Å². The Balaban J connectivity index is 2.37. The van der Waals surface area contributed by atoms with Gasteiger partial charge in [-0.1, -0.05) is 19.1 Å². The van der Waals surface area contributed by atoms with Gasteiger partial charge in [0.05, 0.1) is 0 Å². The van der Waals surface area contributed by atoms with E-state index in [0.717, 1.165) is 0 Å². The zero-order chi connectivity index (χ0) is 13.1. The topological polar surface area (TPSA) is 29.1 Å². The van der Waals surface area contributed by atoms with Gasteiger partial charge < -0.3 is 5.32 Å². The average molecular weight is 159 g/mol. The van der Waals surface area contributed by atoms with Gasteiger partial charge in [0.25, 0.3) is 0 Å². The lowest BCUT2D eigenvalue weighted by atomic mass is 9.73. The molecule has 2 nitrogen and oxygen atoms in total. The number of carbonyl (C=O) groups excluding carboxylic acids is 1. The van der Waals surface area contributed by atoms with Gasteiger partial charge in [-0.15, -0.1) is 0 Å². The van der Waals surface area contributed by atoms with E-state index in [1.165, 1.54) is 0 Å². The molecule has 1 spiro atoms. The van der Waals surface area contributed by atoms with Crippen molar-refractivity contribution in [2.45, 2.75) is 38.4 Å². The van der Waals surface area contributed by atoms with Gasteiger partial charge in [0.15, 0.2) is 0 Å². The van der Waals surface area contributed by atoms with E-state index in [-0.39, 0.29) is 31.7 Å². The van der Waals surface area contributed by atoms with E-state index in [1.54, 1.807) is 0 Å². The smallest absolute Gasteiger partial charge is 0.220 e. The third kappa shape index (κ3) is 1.26. The van der Waals surface area contributed by atoms with E-state index < -0.39 is 24.5 Å². The van der Waals surface area contributed by atoms with Crippen molar-refractivity contribution in [3.05, 3.63) is 0 Å². The molecule has 2 heteroatoms. The van der Waals surface area contributed by atoms with E-state index in [9.17, 15) is 4.79 Å². The van der Waals surface area contributed by atoms with Crippen LogP contribution >= 0.6 is 0 Å². The molecule has 11 heavy (non-hydrogen) atoms. The molecule has 2 fully saturated rings. The van der Waals surface area contributed by atoms with Crippen LogP contribution in [-0.2, 0) is 4.79 Å². The van der Waals surface area contributed by atoms with Gasteiger partial charge in [-0.2, -0.15) is 0 Å². The van der Waals surface area contributed by atoms with Crippen molar-refractivity contribution in [1.82, 2.24) is 5.32 Å². The summed E-state index contributed by atoms with van der Waals surface area (Å²) < 4.78 is 46.3. The largest absolute Gasteiger partial charge is 0.356 e. The van der Waals surface area contributed by atoms with Gasteiger partial charge in [-0.25, -0.2) is 0 Å². The Morgan fingerprint density at radius 1 is 1.36 bits per heavy atom. The van der Waals surface area contributed by atoms with Gasteiger partial charge in [0.1, 0.15) is 0 Å². The normalized spacial score (nSPS) is 50.7. The average Bonchev–Trinajstić information content (AvgIpc) is 2.42. The monoisotopic (exact) mass is 159 g/mol. The van der Waals surface area contributed by atoms with Crippen LogP contribution in [0.15, 0.2) is 0 Å². The summed E-state index contributed by atoms with van der Waals surface area (Å²) in [4.78, 5) is 11.3. The van der Waals surface area contributed by atoms with Crippen LogP contribution in [0.5, 0.6) is 0 Å². The molecular formula is C9H15NO. The summed E-state index contributed by atoms with van der Waals surface area (Å²) in [5, 5.41) is 2.59. The van der Waals surface area contributed by atoms with Crippen LogP contribution in [0.1, 0.15) is 46.6 Å². The molecule has 0 aromatic rings. The predicted molar refractivity (Wildman–Crippen MR) is 43.1 cm³/mol. The molecule has 1 N–H and O–H groups in total. The van der Waals surface area contributed by atoms with Crippen LogP contribution in [0.4, 0.5) is 0 Å². The lowest BCUT2D eigenvalue weighted by Crippen LogP contribution is -2.26.